The number of imidazole rings is 1. The van der Waals surface area contributed by atoms with Gasteiger partial charge in [0.1, 0.15) is 5.82 Å². The number of nitrogens with zero attached hydrogens (tertiary/aromatic N) is 2. The maximum Gasteiger partial charge on any atom is 0.260 e. The van der Waals surface area contributed by atoms with E-state index in [1.54, 1.807) is 4.31 Å². The molecule has 0 aromatic carbocycles. The number of sulfonamides is 1. The van der Waals surface area contributed by atoms with Gasteiger partial charge in [0.25, 0.3) is 10.0 Å². The van der Waals surface area contributed by atoms with E-state index < -0.39 is 10.0 Å². The average molecular weight is 297 g/mol. The van der Waals surface area contributed by atoms with Crippen molar-refractivity contribution < 1.29 is 8.42 Å². The van der Waals surface area contributed by atoms with Crippen molar-refractivity contribution in [3.05, 3.63) is 12.0 Å². The number of piperidine rings is 1. The van der Waals surface area contributed by atoms with Gasteiger partial charge in [0.05, 0.1) is 6.20 Å². The Morgan fingerprint density at radius 2 is 2.05 bits per heavy atom. The first kappa shape index (κ1) is 14.1. The normalized spacial score (nSPS) is 28.2. The Morgan fingerprint density at radius 1 is 1.30 bits per heavy atom. The van der Waals surface area contributed by atoms with Crippen molar-refractivity contribution in [3.8, 4) is 0 Å². The summed E-state index contributed by atoms with van der Waals surface area (Å²) in [6.07, 6.45) is 8.95. The van der Waals surface area contributed by atoms with Crippen molar-refractivity contribution in [1.29, 1.82) is 0 Å². The molecule has 20 heavy (non-hydrogen) atoms. The van der Waals surface area contributed by atoms with E-state index in [4.69, 9.17) is 0 Å². The van der Waals surface area contributed by atoms with Crippen LogP contribution in [0.1, 0.15) is 51.3 Å². The Hall–Kier alpha value is -0.880. The summed E-state index contributed by atoms with van der Waals surface area (Å²) in [5.74, 6) is 1.29. The van der Waals surface area contributed by atoms with Crippen LogP contribution >= 0.6 is 0 Å². The molecule has 1 saturated carbocycles. The second-order valence-corrected chi connectivity index (χ2v) is 7.78. The predicted octanol–water partition coefficient (Wildman–Crippen LogP) is 2.32. The van der Waals surface area contributed by atoms with Gasteiger partial charge >= 0.3 is 0 Å². The summed E-state index contributed by atoms with van der Waals surface area (Å²) in [5, 5.41) is 0.264. The van der Waals surface area contributed by atoms with Crippen LogP contribution < -0.4 is 0 Å². The van der Waals surface area contributed by atoms with Crippen LogP contribution in [0, 0.1) is 5.92 Å². The zero-order chi connectivity index (χ0) is 14.2. The lowest BCUT2D eigenvalue weighted by molar-refractivity contribution is 0.129. The summed E-state index contributed by atoms with van der Waals surface area (Å²) >= 11 is 0. The van der Waals surface area contributed by atoms with Gasteiger partial charge in [0.15, 0.2) is 5.03 Å². The lowest BCUT2D eigenvalue weighted by Gasteiger charge is -2.42. The van der Waals surface area contributed by atoms with Crippen LogP contribution in [0.4, 0.5) is 0 Å². The number of aromatic amines is 1. The fourth-order valence-electron chi connectivity index (χ4n) is 3.66. The summed E-state index contributed by atoms with van der Waals surface area (Å²) in [4.78, 5) is 7.09. The van der Waals surface area contributed by atoms with Gasteiger partial charge in [-0.1, -0.05) is 19.8 Å². The molecule has 1 aliphatic carbocycles. The Bertz CT molecular complexity index is 565. The van der Waals surface area contributed by atoms with Crippen LogP contribution in [-0.2, 0) is 16.4 Å². The Balaban J connectivity index is 1.89. The topological polar surface area (TPSA) is 66.1 Å². The third-order valence-electron chi connectivity index (χ3n) is 4.72. The first-order valence-electron chi connectivity index (χ1n) is 7.68. The number of hydrogen-bond donors (Lipinski definition) is 1. The predicted molar refractivity (Wildman–Crippen MR) is 76.8 cm³/mol. The van der Waals surface area contributed by atoms with Gasteiger partial charge < -0.3 is 4.98 Å². The molecule has 0 unspecified atom stereocenters. The van der Waals surface area contributed by atoms with E-state index in [2.05, 4.69) is 9.97 Å². The number of nitrogens with one attached hydrogen (secondary N) is 1. The van der Waals surface area contributed by atoms with E-state index in [0.717, 1.165) is 31.5 Å². The van der Waals surface area contributed by atoms with Crippen LogP contribution in [0.25, 0.3) is 0 Å². The maximum atomic E-state index is 12.8. The molecular formula is C14H23N3O2S. The molecule has 1 aliphatic heterocycles. The van der Waals surface area contributed by atoms with E-state index in [1.165, 1.54) is 25.5 Å². The second kappa shape index (κ2) is 5.48. The number of aryl methyl sites for hydroxylation is 1. The summed E-state index contributed by atoms with van der Waals surface area (Å²) in [7, 11) is -3.41. The van der Waals surface area contributed by atoms with Crippen molar-refractivity contribution in [1.82, 2.24) is 14.3 Å². The summed E-state index contributed by atoms with van der Waals surface area (Å²) < 4.78 is 27.4. The molecule has 0 spiro atoms. The number of hydrogen-bond acceptors (Lipinski definition) is 3. The highest BCUT2D eigenvalue weighted by molar-refractivity contribution is 7.89. The van der Waals surface area contributed by atoms with Crippen LogP contribution in [-0.4, -0.2) is 35.3 Å². The number of fused-ring (bicyclic) bond motifs is 1. The third kappa shape index (κ3) is 2.39. The highest BCUT2D eigenvalue weighted by Crippen LogP contribution is 2.37. The molecule has 0 radical (unpaired) electrons. The molecule has 1 aromatic rings. The number of aromatic nitrogens is 2. The lowest BCUT2D eigenvalue weighted by atomic mass is 9.79. The molecule has 6 heteroatoms. The Labute approximate surface area is 120 Å². The highest BCUT2D eigenvalue weighted by atomic mass is 32.2. The van der Waals surface area contributed by atoms with E-state index in [1.807, 2.05) is 6.92 Å². The SMILES string of the molecule is CCc1ncc(S(=O)(=O)N2CCC[C@H]3CCCC[C@H]32)[nH]1. The van der Waals surface area contributed by atoms with Gasteiger partial charge in [0, 0.05) is 19.0 Å². The van der Waals surface area contributed by atoms with Crippen molar-refractivity contribution in [3.63, 3.8) is 0 Å². The minimum atomic E-state index is -3.41. The molecule has 112 valence electrons. The highest BCUT2D eigenvalue weighted by Gasteiger charge is 2.40. The molecule has 5 nitrogen and oxygen atoms in total. The largest absolute Gasteiger partial charge is 0.332 e. The molecule has 1 aromatic heterocycles. The van der Waals surface area contributed by atoms with Crippen molar-refractivity contribution in [2.45, 2.75) is 62.9 Å². The quantitative estimate of drug-likeness (QED) is 0.931. The zero-order valence-electron chi connectivity index (χ0n) is 12.0. The van der Waals surface area contributed by atoms with Gasteiger partial charge in [-0.05, 0) is 31.6 Å². The van der Waals surface area contributed by atoms with Crippen molar-refractivity contribution in [2.24, 2.45) is 5.92 Å². The maximum absolute atomic E-state index is 12.8. The standard InChI is InChI=1S/C14H23N3O2S/c1-2-13-15-10-14(16-13)20(18,19)17-9-5-7-11-6-3-4-8-12(11)17/h10-12H,2-9H2,1H3,(H,15,16)/t11-,12-/m1/s1. The van der Waals surface area contributed by atoms with Gasteiger partial charge in [-0.3, -0.25) is 0 Å². The average Bonchev–Trinajstić information content (AvgIpc) is 2.96. The van der Waals surface area contributed by atoms with Crippen molar-refractivity contribution >= 4 is 10.0 Å². The van der Waals surface area contributed by atoms with Crippen LogP contribution in [0.15, 0.2) is 11.2 Å². The van der Waals surface area contributed by atoms with E-state index >= 15 is 0 Å². The Kier molecular flexibility index (Phi) is 3.86. The van der Waals surface area contributed by atoms with Crippen LogP contribution in [0.3, 0.4) is 0 Å². The van der Waals surface area contributed by atoms with Gasteiger partial charge in [0.2, 0.25) is 0 Å². The van der Waals surface area contributed by atoms with Gasteiger partial charge in [-0.25, -0.2) is 13.4 Å². The summed E-state index contributed by atoms with van der Waals surface area (Å²) in [5.41, 5.74) is 0. The molecule has 2 heterocycles. The minimum Gasteiger partial charge on any atom is -0.332 e. The zero-order valence-corrected chi connectivity index (χ0v) is 12.8. The van der Waals surface area contributed by atoms with E-state index in [0.29, 0.717) is 12.5 Å². The molecular weight excluding hydrogens is 274 g/mol. The van der Waals surface area contributed by atoms with Crippen molar-refractivity contribution in [2.75, 3.05) is 6.54 Å². The smallest absolute Gasteiger partial charge is 0.260 e. The molecule has 0 amide bonds. The fraction of sp³-hybridized carbons (Fsp3) is 0.786. The number of rotatable bonds is 3. The second-order valence-electron chi connectivity index (χ2n) is 5.92. The first-order valence-corrected chi connectivity index (χ1v) is 9.12. The van der Waals surface area contributed by atoms with E-state index in [-0.39, 0.29) is 11.1 Å². The fourth-order valence-corrected chi connectivity index (χ4v) is 5.35. The summed E-state index contributed by atoms with van der Waals surface area (Å²) in [6.45, 7) is 2.62. The Morgan fingerprint density at radius 3 is 2.80 bits per heavy atom. The molecule has 2 aliphatic rings. The monoisotopic (exact) mass is 297 g/mol. The first-order chi connectivity index (χ1) is 9.63. The molecule has 1 saturated heterocycles. The molecule has 2 fully saturated rings. The summed E-state index contributed by atoms with van der Waals surface area (Å²) in [6, 6.07) is 0.205. The molecule has 3 rings (SSSR count). The van der Waals surface area contributed by atoms with E-state index in [9.17, 15) is 8.42 Å². The van der Waals surface area contributed by atoms with Gasteiger partial charge in [-0.2, -0.15) is 4.31 Å². The molecule has 2 atom stereocenters. The van der Waals surface area contributed by atoms with Gasteiger partial charge in [-0.15, -0.1) is 0 Å². The molecule has 1 N–H and O–H groups in total. The van der Waals surface area contributed by atoms with Crippen LogP contribution in [0.2, 0.25) is 0 Å². The van der Waals surface area contributed by atoms with Crippen LogP contribution in [0.5, 0.6) is 0 Å². The number of H-pyrrole nitrogens is 1. The third-order valence-corrected chi connectivity index (χ3v) is 6.55. The molecule has 0 bridgehead atoms. The lowest BCUT2D eigenvalue weighted by Crippen LogP contribution is -2.49. The minimum absolute atomic E-state index is 0.205.